The zero-order valence-electron chi connectivity index (χ0n) is 14.0. The Bertz CT molecular complexity index is 664. The van der Waals surface area contributed by atoms with Gasteiger partial charge in [-0.3, -0.25) is 4.79 Å². The lowest BCUT2D eigenvalue weighted by Gasteiger charge is -2.14. The van der Waals surface area contributed by atoms with Crippen LogP contribution in [0.5, 0.6) is 6.01 Å². The van der Waals surface area contributed by atoms with Crippen LogP contribution in [0.25, 0.3) is 0 Å². The first kappa shape index (κ1) is 17.4. The highest BCUT2D eigenvalue weighted by atomic mass is 16.5. The smallest absolute Gasteiger partial charge is 0.316 e. The summed E-state index contributed by atoms with van der Waals surface area (Å²) in [5.41, 5.74) is 0.872. The fourth-order valence-electron chi connectivity index (χ4n) is 1.78. The van der Waals surface area contributed by atoms with E-state index in [1.165, 1.54) is 0 Å². The molecule has 0 radical (unpaired) electrons. The van der Waals surface area contributed by atoms with Gasteiger partial charge in [0.2, 0.25) is 5.95 Å². The fourth-order valence-corrected chi connectivity index (χ4v) is 1.78. The van der Waals surface area contributed by atoms with E-state index in [0.717, 1.165) is 11.5 Å². The van der Waals surface area contributed by atoms with Crippen LogP contribution < -0.4 is 20.3 Å². The summed E-state index contributed by atoms with van der Waals surface area (Å²) in [4.78, 5) is 30.0. The molecule has 2 aromatic heterocycles. The molecule has 0 aliphatic carbocycles. The zero-order chi connectivity index (χ0) is 17.4. The summed E-state index contributed by atoms with van der Waals surface area (Å²) in [6.07, 6.45) is 3.10. The predicted molar refractivity (Wildman–Crippen MR) is 90.1 cm³/mol. The van der Waals surface area contributed by atoms with Gasteiger partial charge in [-0.25, -0.2) is 15.0 Å². The number of rotatable bonds is 8. The van der Waals surface area contributed by atoms with Crippen molar-refractivity contribution in [1.82, 2.24) is 25.3 Å². The van der Waals surface area contributed by atoms with Crippen molar-refractivity contribution in [1.29, 1.82) is 0 Å². The topological polar surface area (TPSA) is 105 Å². The number of aryl methyl sites for hydroxylation is 1. The van der Waals surface area contributed by atoms with Gasteiger partial charge in [0.25, 0.3) is 5.91 Å². The van der Waals surface area contributed by atoms with E-state index < -0.39 is 0 Å². The number of ether oxygens (including phenoxy) is 1. The molecule has 24 heavy (non-hydrogen) atoms. The molecule has 0 fully saturated rings. The van der Waals surface area contributed by atoms with Gasteiger partial charge in [0.15, 0.2) is 6.61 Å². The van der Waals surface area contributed by atoms with Crippen molar-refractivity contribution in [3.63, 3.8) is 0 Å². The molecule has 0 aliphatic rings. The summed E-state index contributed by atoms with van der Waals surface area (Å²) < 4.78 is 5.16. The standard InChI is InChI=1S/C15H21N7O2/c1-11-9-12(22(2)3)21-14(20-11)17-8-7-16-13(23)10-24-15-18-5-4-6-19-15/h4-6,9H,7-8,10H2,1-3H3,(H,16,23)(H,17,20,21). The van der Waals surface area contributed by atoms with Crippen LogP contribution in [0.2, 0.25) is 0 Å². The van der Waals surface area contributed by atoms with Crippen molar-refractivity contribution in [3.05, 3.63) is 30.2 Å². The number of anilines is 2. The summed E-state index contributed by atoms with van der Waals surface area (Å²) in [5.74, 6) is 1.11. The van der Waals surface area contributed by atoms with Crippen molar-refractivity contribution < 1.29 is 9.53 Å². The number of aromatic nitrogens is 4. The van der Waals surface area contributed by atoms with E-state index in [2.05, 4.69) is 30.6 Å². The van der Waals surface area contributed by atoms with E-state index in [9.17, 15) is 4.79 Å². The SMILES string of the molecule is Cc1cc(N(C)C)nc(NCCNC(=O)COc2ncccn2)n1. The van der Waals surface area contributed by atoms with Gasteiger partial charge in [0.05, 0.1) is 0 Å². The van der Waals surface area contributed by atoms with Crippen LogP contribution in [0.3, 0.4) is 0 Å². The summed E-state index contributed by atoms with van der Waals surface area (Å²) >= 11 is 0. The Morgan fingerprint density at radius 3 is 2.67 bits per heavy atom. The first-order chi connectivity index (χ1) is 11.5. The van der Waals surface area contributed by atoms with Gasteiger partial charge in [0.1, 0.15) is 5.82 Å². The Morgan fingerprint density at radius 1 is 1.21 bits per heavy atom. The van der Waals surface area contributed by atoms with Gasteiger partial charge in [-0.15, -0.1) is 0 Å². The molecule has 9 nitrogen and oxygen atoms in total. The van der Waals surface area contributed by atoms with Crippen LogP contribution in [0, 0.1) is 6.92 Å². The molecule has 2 heterocycles. The van der Waals surface area contributed by atoms with E-state index in [0.29, 0.717) is 19.0 Å². The van der Waals surface area contributed by atoms with Gasteiger partial charge >= 0.3 is 6.01 Å². The van der Waals surface area contributed by atoms with Crippen molar-refractivity contribution in [2.45, 2.75) is 6.92 Å². The molecular formula is C15H21N7O2. The molecule has 0 unspecified atom stereocenters. The Balaban J connectivity index is 1.70. The first-order valence-corrected chi connectivity index (χ1v) is 7.48. The fraction of sp³-hybridized carbons (Fsp3) is 0.400. The van der Waals surface area contributed by atoms with Crippen molar-refractivity contribution in [2.75, 3.05) is 44.0 Å². The number of hydrogen-bond acceptors (Lipinski definition) is 8. The van der Waals surface area contributed by atoms with Gasteiger partial charge in [0, 0.05) is 51.3 Å². The van der Waals surface area contributed by atoms with Crippen molar-refractivity contribution >= 4 is 17.7 Å². The Labute approximate surface area is 140 Å². The van der Waals surface area contributed by atoms with Gasteiger partial charge in [-0.05, 0) is 13.0 Å². The summed E-state index contributed by atoms with van der Waals surface area (Å²) in [6, 6.07) is 3.75. The van der Waals surface area contributed by atoms with E-state index in [1.54, 1.807) is 18.5 Å². The lowest BCUT2D eigenvalue weighted by atomic mass is 10.4. The number of nitrogens with zero attached hydrogens (tertiary/aromatic N) is 5. The van der Waals surface area contributed by atoms with Crippen LogP contribution in [-0.4, -0.2) is 59.6 Å². The normalized spacial score (nSPS) is 10.1. The minimum atomic E-state index is -0.247. The van der Waals surface area contributed by atoms with E-state index in [4.69, 9.17) is 4.74 Å². The molecule has 2 aromatic rings. The molecule has 0 bridgehead atoms. The maximum atomic E-state index is 11.7. The molecule has 1 amide bonds. The number of hydrogen-bond donors (Lipinski definition) is 2. The van der Waals surface area contributed by atoms with Crippen LogP contribution in [-0.2, 0) is 4.79 Å². The highest BCUT2D eigenvalue weighted by Gasteiger charge is 2.05. The highest BCUT2D eigenvalue weighted by molar-refractivity contribution is 5.77. The summed E-state index contributed by atoms with van der Waals surface area (Å²) in [7, 11) is 3.84. The van der Waals surface area contributed by atoms with Gasteiger partial charge < -0.3 is 20.3 Å². The first-order valence-electron chi connectivity index (χ1n) is 7.48. The molecule has 0 aromatic carbocycles. The van der Waals surface area contributed by atoms with Crippen LogP contribution in [0.4, 0.5) is 11.8 Å². The molecule has 0 saturated carbocycles. The van der Waals surface area contributed by atoms with E-state index in [1.807, 2.05) is 32.0 Å². The Kier molecular flexibility index (Phi) is 6.23. The lowest BCUT2D eigenvalue weighted by molar-refractivity contribution is -0.123. The summed E-state index contributed by atoms with van der Waals surface area (Å²) in [6.45, 7) is 2.71. The molecule has 2 N–H and O–H groups in total. The van der Waals surface area contributed by atoms with Crippen LogP contribution >= 0.6 is 0 Å². The Morgan fingerprint density at radius 2 is 1.96 bits per heavy atom. The summed E-state index contributed by atoms with van der Waals surface area (Å²) in [5, 5.41) is 5.81. The molecule has 0 spiro atoms. The average molecular weight is 331 g/mol. The molecular weight excluding hydrogens is 310 g/mol. The minimum absolute atomic E-state index is 0.129. The third-order valence-corrected chi connectivity index (χ3v) is 2.90. The number of nitrogens with one attached hydrogen (secondary N) is 2. The molecule has 0 saturated heterocycles. The third kappa shape index (κ3) is 5.67. The highest BCUT2D eigenvalue weighted by Crippen LogP contribution is 2.11. The lowest BCUT2D eigenvalue weighted by Crippen LogP contribution is -2.33. The molecule has 128 valence electrons. The van der Waals surface area contributed by atoms with E-state index >= 15 is 0 Å². The largest absolute Gasteiger partial charge is 0.453 e. The average Bonchev–Trinajstić information content (AvgIpc) is 2.57. The number of carbonyl (C=O) groups is 1. The van der Waals surface area contributed by atoms with Gasteiger partial charge in [-0.1, -0.05) is 0 Å². The quantitative estimate of drug-likeness (QED) is 0.663. The van der Waals surface area contributed by atoms with Crippen molar-refractivity contribution in [2.24, 2.45) is 0 Å². The van der Waals surface area contributed by atoms with Gasteiger partial charge in [-0.2, -0.15) is 4.98 Å². The maximum Gasteiger partial charge on any atom is 0.316 e. The second-order valence-corrected chi connectivity index (χ2v) is 5.18. The van der Waals surface area contributed by atoms with Crippen LogP contribution in [0.15, 0.2) is 24.5 Å². The Hall–Kier alpha value is -2.97. The van der Waals surface area contributed by atoms with Crippen LogP contribution in [0.1, 0.15) is 5.69 Å². The molecule has 0 aliphatic heterocycles. The number of carbonyl (C=O) groups excluding carboxylic acids is 1. The molecule has 0 atom stereocenters. The third-order valence-electron chi connectivity index (χ3n) is 2.90. The maximum absolute atomic E-state index is 11.7. The van der Waals surface area contributed by atoms with E-state index in [-0.39, 0.29) is 18.5 Å². The zero-order valence-corrected chi connectivity index (χ0v) is 14.0. The predicted octanol–water partition coefficient (Wildman–Crippen LogP) is 0.248. The number of amides is 1. The van der Waals surface area contributed by atoms with Crippen molar-refractivity contribution in [3.8, 4) is 6.01 Å². The molecule has 2 rings (SSSR count). The minimum Gasteiger partial charge on any atom is -0.453 e. The second kappa shape index (κ2) is 8.61. The second-order valence-electron chi connectivity index (χ2n) is 5.18. The molecule has 9 heteroatoms. The monoisotopic (exact) mass is 331 g/mol.